The highest BCUT2D eigenvalue weighted by Gasteiger charge is 2.25. The summed E-state index contributed by atoms with van der Waals surface area (Å²) in [7, 11) is 0. The Morgan fingerprint density at radius 3 is 2.65 bits per heavy atom. The summed E-state index contributed by atoms with van der Waals surface area (Å²) < 4.78 is 15.0. The highest BCUT2D eigenvalue weighted by molar-refractivity contribution is 6.32. The van der Waals surface area contributed by atoms with Gasteiger partial charge in [-0.25, -0.2) is 4.39 Å². The number of piperazine rings is 1. The molecule has 0 aliphatic carbocycles. The molecule has 1 aromatic heterocycles. The molecule has 3 aromatic rings. The molecule has 1 fully saturated rings. The summed E-state index contributed by atoms with van der Waals surface area (Å²) in [6.45, 7) is 2.44. The van der Waals surface area contributed by atoms with E-state index in [4.69, 9.17) is 11.6 Å². The van der Waals surface area contributed by atoms with E-state index in [0.29, 0.717) is 44.2 Å². The number of amides is 1. The van der Waals surface area contributed by atoms with E-state index in [1.165, 1.54) is 35.0 Å². The number of benzene rings is 2. The number of nitrogens with zero attached hydrogens (tertiary/aromatic N) is 7. The lowest BCUT2D eigenvalue weighted by molar-refractivity contribution is -0.384. The first-order chi connectivity index (χ1) is 14.9. The van der Waals surface area contributed by atoms with Gasteiger partial charge < -0.3 is 4.90 Å². The van der Waals surface area contributed by atoms with Crippen molar-refractivity contribution in [3.8, 4) is 5.69 Å². The molecule has 0 N–H and O–H groups in total. The van der Waals surface area contributed by atoms with E-state index in [9.17, 15) is 19.3 Å². The van der Waals surface area contributed by atoms with Gasteiger partial charge in [-0.2, -0.15) is 4.68 Å². The molecule has 10 nitrogen and oxygen atoms in total. The zero-order valence-corrected chi connectivity index (χ0v) is 16.9. The first-order valence-electron chi connectivity index (χ1n) is 9.41. The van der Waals surface area contributed by atoms with Gasteiger partial charge in [0.15, 0.2) is 5.82 Å². The highest BCUT2D eigenvalue weighted by Crippen LogP contribution is 2.26. The van der Waals surface area contributed by atoms with E-state index in [1.807, 2.05) is 0 Å². The Hall–Kier alpha value is -3.44. The molecule has 1 saturated heterocycles. The van der Waals surface area contributed by atoms with Crippen molar-refractivity contribution >= 4 is 23.2 Å². The van der Waals surface area contributed by atoms with Crippen molar-refractivity contribution in [2.75, 3.05) is 26.2 Å². The second-order valence-corrected chi connectivity index (χ2v) is 7.39. The Bertz CT molecular complexity index is 1130. The van der Waals surface area contributed by atoms with Crippen LogP contribution in [0.25, 0.3) is 5.69 Å². The third-order valence-electron chi connectivity index (χ3n) is 5.00. The molecule has 1 amide bonds. The molecule has 12 heteroatoms. The summed E-state index contributed by atoms with van der Waals surface area (Å²) in [4.78, 5) is 26.9. The third kappa shape index (κ3) is 4.52. The van der Waals surface area contributed by atoms with Crippen LogP contribution in [0, 0.1) is 15.9 Å². The second kappa shape index (κ2) is 8.74. The van der Waals surface area contributed by atoms with Crippen molar-refractivity contribution in [1.82, 2.24) is 30.0 Å². The third-order valence-corrected chi connectivity index (χ3v) is 5.32. The number of carbonyl (C=O) groups is 1. The van der Waals surface area contributed by atoms with Crippen LogP contribution < -0.4 is 0 Å². The van der Waals surface area contributed by atoms with Crippen LogP contribution in [0.15, 0.2) is 42.5 Å². The van der Waals surface area contributed by atoms with Gasteiger partial charge >= 0.3 is 0 Å². The predicted molar refractivity (Wildman–Crippen MR) is 108 cm³/mol. The Morgan fingerprint density at radius 1 is 1.16 bits per heavy atom. The monoisotopic (exact) mass is 445 g/mol. The molecule has 2 aromatic carbocycles. The van der Waals surface area contributed by atoms with Gasteiger partial charge in [0.2, 0.25) is 0 Å². The SMILES string of the molecule is O=C(c1ccc(Cl)c([N+](=O)[O-])c1)N1CCN(Cc2nnnn2-c2cccc(F)c2)CC1. The topological polar surface area (TPSA) is 110 Å². The summed E-state index contributed by atoms with van der Waals surface area (Å²) in [6, 6.07) is 10.0. The molecule has 160 valence electrons. The summed E-state index contributed by atoms with van der Waals surface area (Å²) in [6.07, 6.45) is 0. The van der Waals surface area contributed by atoms with Crippen molar-refractivity contribution in [3.63, 3.8) is 0 Å². The van der Waals surface area contributed by atoms with E-state index in [2.05, 4.69) is 20.4 Å². The normalized spacial score (nSPS) is 14.6. The lowest BCUT2D eigenvalue weighted by Crippen LogP contribution is -2.48. The van der Waals surface area contributed by atoms with Gasteiger partial charge in [-0.05, 0) is 40.8 Å². The number of nitro benzene ring substituents is 1. The Labute approximate surface area is 181 Å². The fourth-order valence-corrected chi connectivity index (χ4v) is 3.58. The minimum Gasteiger partial charge on any atom is -0.336 e. The van der Waals surface area contributed by atoms with Crippen LogP contribution in [-0.2, 0) is 6.54 Å². The van der Waals surface area contributed by atoms with Crippen molar-refractivity contribution in [3.05, 3.63) is 74.8 Å². The maximum Gasteiger partial charge on any atom is 0.288 e. The highest BCUT2D eigenvalue weighted by atomic mass is 35.5. The van der Waals surface area contributed by atoms with Crippen LogP contribution in [-0.4, -0.2) is 67.0 Å². The molecule has 31 heavy (non-hydrogen) atoms. The van der Waals surface area contributed by atoms with Crippen molar-refractivity contribution in [1.29, 1.82) is 0 Å². The maximum absolute atomic E-state index is 13.5. The quantitative estimate of drug-likeness (QED) is 0.437. The van der Waals surface area contributed by atoms with Gasteiger partial charge in [0.1, 0.15) is 10.8 Å². The van der Waals surface area contributed by atoms with Crippen LogP contribution in [0.4, 0.5) is 10.1 Å². The number of rotatable bonds is 5. The van der Waals surface area contributed by atoms with Crippen molar-refractivity contribution < 1.29 is 14.1 Å². The van der Waals surface area contributed by atoms with E-state index < -0.39 is 4.92 Å². The molecule has 1 aliphatic heterocycles. The molecular weight excluding hydrogens is 429 g/mol. The van der Waals surface area contributed by atoms with Crippen LogP contribution in [0.1, 0.15) is 16.2 Å². The van der Waals surface area contributed by atoms with Gasteiger partial charge in [-0.3, -0.25) is 19.8 Å². The molecule has 0 radical (unpaired) electrons. The van der Waals surface area contributed by atoms with Crippen molar-refractivity contribution in [2.45, 2.75) is 6.54 Å². The summed E-state index contributed by atoms with van der Waals surface area (Å²) in [5.74, 6) is -0.115. The second-order valence-electron chi connectivity index (χ2n) is 6.98. The lowest BCUT2D eigenvalue weighted by Gasteiger charge is -2.34. The van der Waals surface area contributed by atoms with Crippen LogP contribution in [0.5, 0.6) is 0 Å². The van der Waals surface area contributed by atoms with Gasteiger partial charge in [0, 0.05) is 37.8 Å². The van der Waals surface area contributed by atoms with Crippen LogP contribution in [0.2, 0.25) is 5.02 Å². The number of hydrogen-bond acceptors (Lipinski definition) is 7. The zero-order valence-electron chi connectivity index (χ0n) is 16.2. The summed E-state index contributed by atoms with van der Waals surface area (Å²) in [5, 5.41) is 22.7. The van der Waals surface area contributed by atoms with Crippen LogP contribution >= 0.6 is 11.6 Å². The predicted octanol–water partition coefficient (Wildman–Crippen LogP) is 2.32. The van der Waals surface area contributed by atoms with E-state index in [1.54, 1.807) is 17.0 Å². The van der Waals surface area contributed by atoms with E-state index in [0.717, 1.165) is 0 Å². The number of nitro groups is 1. The Kier molecular flexibility index (Phi) is 5.87. The molecule has 0 bridgehead atoms. The fourth-order valence-electron chi connectivity index (χ4n) is 3.39. The van der Waals surface area contributed by atoms with Gasteiger partial charge in [0.25, 0.3) is 11.6 Å². The molecule has 0 spiro atoms. The van der Waals surface area contributed by atoms with E-state index in [-0.39, 0.29) is 28.0 Å². The van der Waals surface area contributed by atoms with Crippen LogP contribution in [0.3, 0.4) is 0 Å². The molecule has 2 heterocycles. The number of carbonyl (C=O) groups excluding carboxylic acids is 1. The average molecular weight is 446 g/mol. The number of tetrazole rings is 1. The Balaban J connectivity index is 1.40. The zero-order chi connectivity index (χ0) is 22.0. The molecule has 1 aliphatic rings. The van der Waals surface area contributed by atoms with Gasteiger partial charge in [-0.1, -0.05) is 17.7 Å². The number of aromatic nitrogens is 4. The van der Waals surface area contributed by atoms with Gasteiger partial charge in [-0.15, -0.1) is 5.10 Å². The van der Waals surface area contributed by atoms with E-state index >= 15 is 0 Å². The smallest absolute Gasteiger partial charge is 0.288 e. The fraction of sp³-hybridized carbons (Fsp3) is 0.263. The standard InChI is InChI=1S/C19H17ClFN7O3/c20-16-5-4-13(10-17(16)28(30)31)19(29)26-8-6-25(7-9-26)12-18-22-23-24-27(18)15-3-1-2-14(21)11-15/h1-5,10-11H,6-9,12H2. The largest absolute Gasteiger partial charge is 0.336 e. The molecule has 0 saturated carbocycles. The minimum absolute atomic E-state index is 0.0117. The summed E-state index contributed by atoms with van der Waals surface area (Å²) in [5.41, 5.74) is 0.452. The molecule has 0 unspecified atom stereocenters. The molecule has 4 rings (SSSR count). The first-order valence-corrected chi connectivity index (χ1v) is 9.79. The molecule has 0 atom stereocenters. The average Bonchev–Trinajstić information content (AvgIpc) is 3.22. The summed E-state index contributed by atoms with van der Waals surface area (Å²) >= 11 is 5.82. The van der Waals surface area contributed by atoms with Gasteiger partial charge in [0.05, 0.1) is 17.2 Å². The first kappa shape index (κ1) is 20.8. The Morgan fingerprint density at radius 2 is 1.94 bits per heavy atom. The lowest BCUT2D eigenvalue weighted by atomic mass is 10.1. The molecular formula is C19H17ClFN7O3. The number of hydrogen-bond donors (Lipinski definition) is 0. The maximum atomic E-state index is 13.5. The minimum atomic E-state index is -0.611. The number of halogens is 2. The van der Waals surface area contributed by atoms with Crippen molar-refractivity contribution in [2.24, 2.45) is 0 Å².